The zero-order valence-corrected chi connectivity index (χ0v) is 16.3. The van der Waals surface area contributed by atoms with Gasteiger partial charge >= 0.3 is 5.97 Å². The average Bonchev–Trinajstić information content (AvgIpc) is 2.93. The van der Waals surface area contributed by atoms with Crippen molar-refractivity contribution in [2.75, 3.05) is 0 Å². The number of halogens is 2. The van der Waals surface area contributed by atoms with Gasteiger partial charge in [-0.2, -0.15) is 4.80 Å². The molecule has 2 aromatic rings. The normalized spacial score (nSPS) is 12.2. The Bertz CT molecular complexity index is 773. The zero-order valence-electron chi connectivity index (χ0n) is 14.7. The van der Waals surface area contributed by atoms with Crippen molar-refractivity contribution < 1.29 is 14.3 Å². The van der Waals surface area contributed by atoms with Crippen molar-refractivity contribution in [2.45, 2.75) is 45.4 Å². The van der Waals surface area contributed by atoms with Gasteiger partial charge in [-0.25, -0.2) is 0 Å². The molecule has 10 heteroatoms. The van der Waals surface area contributed by atoms with Gasteiger partial charge in [-0.05, 0) is 38.1 Å². The molecule has 1 aromatic carbocycles. The molecule has 1 aromatic heterocycles. The molecule has 0 radical (unpaired) electrons. The molecule has 0 spiro atoms. The van der Waals surface area contributed by atoms with Crippen LogP contribution in [0.2, 0.25) is 5.02 Å². The fourth-order valence-electron chi connectivity index (χ4n) is 1.99. The van der Waals surface area contributed by atoms with E-state index in [2.05, 4.69) is 15.4 Å². The molecule has 0 aliphatic carbocycles. The molecule has 0 bridgehead atoms. The Morgan fingerprint density at radius 3 is 2.58 bits per heavy atom. The zero-order chi connectivity index (χ0) is 18.6. The van der Waals surface area contributed by atoms with Gasteiger partial charge in [0.1, 0.15) is 12.1 Å². The molecule has 1 heterocycles. The maximum absolute atomic E-state index is 12.1. The molecule has 26 heavy (non-hydrogen) atoms. The third-order valence-corrected chi connectivity index (χ3v) is 3.41. The molecule has 8 nitrogen and oxygen atoms in total. The minimum Gasteiger partial charge on any atom is -0.460 e. The highest BCUT2D eigenvalue weighted by Crippen LogP contribution is 2.23. The number of hydrogen-bond acceptors (Lipinski definition) is 7. The molecule has 0 aliphatic rings. The number of ketones is 1. The number of rotatable bonds is 6. The number of hydrogen-bond donors (Lipinski definition) is 1. The number of nitrogens with two attached hydrogens (primary N) is 1. The molecular weight excluding hydrogens is 381 g/mol. The van der Waals surface area contributed by atoms with Gasteiger partial charge in [0.2, 0.25) is 5.82 Å². The molecular formula is C16H21Cl2N5O3. The van der Waals surface area contributed by atoms with Crippen LogP contribution in [0.1, 0.15) is 27.2 Å². The Labute approximate surface area is 162 Å². The Morgan fingerprint density at radius 1 is 1.31 bits per heavy atom. The largest absolute Gasteiger partial charge is 0.460 e. The first-order valence-electron chi connectivity index (χ1n) is 7.68. The molecule has 1 atom stereocenters. The van der Waals surface area contributed by atoms with E-state index in [0.29, 0.717) is 16.4 Å². The van der Waals surface area contributed by atoms with Crippen molar-refractivity contribution in [2.24, 2.45) is 5.73 Å². The number of benzene rings is 1. The van der Waals surface area contributed by atoms with Gasteiger partial charge in [0.05, 0.1) is 17.5 Å². The van der Waals surface area contributed by atoms with E-state index in [-0.39, 0.29) is 25.4 Å². The Kier molecular flexibility index (Phi) is 7.68. The van der Waals surface area contributed by atoms with Crippen molar-refractivity contribution >= 4 is 35.8 Å². The average molecular weight is 402 g/mol. The van der Waals surface area contributed by atoms with E-state index in [1.807, 2.05) is 0 Å². The van der Waals surface area contributed by atoms with Crippen LogP contribution in [-0.2, 0) is 20.9 Å². The third-order valence-electron chi connectivity index (χ3n) is 3.09. The summed E-state index contributed by atoms with van der Waals surface area (Å²) in [6, 6.07) is 6.04. The Morgan fingerprint density at radius 2 is 1.96 bits per heavy atom. The van der Waals surface area contributed by atoms with Crippen LogP contribution in [0.25, 0.3) is 11.4 Å². The van der Waals surface area contributed by atoms with E-state index in [9.17, 15) is 9.59 Å². The van der Waals surface area contributed by atoms with Crippen LogP contribution in [0.15, 0.2) is 24.3 Å². The molecule has 0 fully saturated rings. The summed E-state index contributed by atoms with van der Waals surface area (Å²) >= 11 is 6.08. The van der Waals surface area contributed by atoms with Crippen LogP contribution in [0.5, 0.6) is 0 Å². The maximum atomic E-state index is 12.1. The van der Waals surface area contributed by atoms with Gasteiger partial charge in [-0.1, -0.05) is 23.7 Å². The second-order valence-corrected chi connectivity index (χ2v) is 6.89. The van der Waals surface area contributed by atoms with E-state index < -0.39 is 23.4 Å². The van der Waals surface area contributed by atoms with Crippen LogP contribution in [-0.4, -0.2) is 43.6 Å². The number of Topliss-reactive ketones (excluding diaryl/α,β-unsaturated/α-hetero) is 1. The summed E-state index contributed by atoms with van der Waals surface area (Å²) in [7, 11) is 0. The summed E-state index contributed by atoms with van der Waals surface area (Å²) in [6.07, 6.45) is -0.206. The highest BCUT2D eigenvalue weighted by Gasteiger charge is 2.23. The van der Waals surface area contributed by atoms with Crippen molar-refractivity contribution in [1.29, 1.82) is 0 Å². The summed E-state index contributed by atoms with van der Waals surface area (Å²) < 4.78 is 5.15. The van der Waals surface area contributed by atoms with Crippen molar-refractivity contribution in [3.63, 3.8) is 0 Å². The van der Waals surface area contributed by atoms with Crippen LogP contribution in [0.3, 0.4) is 0 Å². The lowest BCUT2D eigenvalue weighted by Crippen LogP contribution is -2.37. The summed E-state index contributed by atoms with van der Waals surface area (Å²) in [5.74, 6) is -0.621. The number of esters is 1. The minimum atomic E-state index is -0.996. The van der Waals surface area contributed by atoms with E-state index in [0.717, 1.165) is 4.80 Å². The summed E-state index contributed by atoms with van der Waals surface area (Å²) in [5, 5.41) is 12.3. The van der Waals surface area contributed by atoms with Crippen molar-refractivity contribution in [1.82, 2.24) is 20.2 Å². The molecule has 0 saturated carbocycles. The maximum Gasteiger partial charge on any atom is 0.308 e. The highest BCUT2D eigenvalue weighted by molar-refractivity contribution is 6.33. The fourth-order valence-corrected chi connectivity index (χ4v) is 2.21. The summed E-state index contributed by atoms with van der Waals surface area (Å²) in [4.78, 5) is 25.0. The van der Waals surface area contributed by atoms with E-state index in [4.69, 9.17) is 22.1 Å². The monoisotopic (exact) mass is 401 g/mol. The van der Waals surface area contributed by atoms with E-state index in [1.165, 1.54) is 0 Å². The first-order valence-corrected chi connectivity index (χ1v) is 8.06. The highest BCUT2D eigenvalue weighted by atomic mass is 35.5. The predicted molar refractivity (Wildman–Crippen MR) is 99.0 cm³/mol. The molecule has 0 amide bonds. The second kappa shape index (κ2) is 9.07. The number of aromatic nitrogens is 4. The standard InChI is InChI=1S/C16H20ClN5O3.ClH/c1-16(2,3)25-14(24)8-12(18)13(23)9-22-20-15(19-21-22)10-6-4-5-7-11(10)17;/h4-7,12H,8-9,18H2,1-3H3;1H. The number of carbonyl (C=O) groups is 2. The van der Waals surface area contributed by atoms with Crippen LogP contribution >= 0.6 is 24.0 Å². The lowest BCUT2D eigenvalue weighted by molar-refractivity contribution is -0.156. The molecule has 142 valence electrons. The van der Waals surface area contributed by atoms with Crippen molar-refractivity contribution in [3.05, 3.63) is 29.3 Å². The number of ether oxygens (including phenoxy) is 1. The Balaban J connectivity index is 0.00000338. The fraction of sp³-hybridized carbons (Fsp3) is 0.438. The molecule has 2 N–H and O–H groups in total. The van der Waals surface area contributed by atoms with Gasteiger partial charge in [0.25, 0.3) is 0 Å². The molecule has 0 aliphatic heterocycles. The van der Waals surface area contributed by atoms with E-state index >= 15 is 0 Å². The topological polar surface area (TPSA) is 113 Å². The van der Waals surface area contributed by atoms with Gasteiger partial charge in [0.15, 0.2) is 5.78 Å². The smallest absolute Gasteiger partial charge is 0.308 e. The third kappa shape index (κ3) is 6.36. The van der Waals surface area contributed by atoms with Gasteiger partial charge in [0, 0.05) is 5.56 Å². The number of carbonyl (C=O) groups excluding carboxylic acids is 2. The summed E-state index contributed by atoms with van der Waals surface area (Å²) in [5.41, 5.74) is 5.75. The number of nitrogens with zero attached hydrogens (tertiary/aromatic N) is 4. The van der Waals surface area contributed by atoms with Crippen molar-refractivity contribution in [3.8, 4) is 11.4 Å². The Hall–Kier alpha value is -2.03. The second-order valence-electron chi connectivity index (χ2n) is 6.49. The van der Waals surface area contributed by atoms with Crippen LogP contribution < -0.4 is 5.73 Å². The van der Waals surface area contributed by atoms with Gasteiger partial charge in [-0.3, -0.25) is 9.59 Å². The quantitative estimate of drug-likeness (QED) is 0.736. The van der Waals surface area contributed by atoms with Crippen LogP contribution in [0, 0.1) is 0 Å². The lowest BCUT2D eigenvalue weighted by atomic mass is 10.1. The summed E-state index contributed by atoms with van der Waals surface area (Å²) in [6.45, 7) is 5.04. The molecule has 2 rings (SSSR count). The minimum absolute atomic E-state index is 0. The van der Waals surface area contributed by atoms with E-state index in [1.54, 1.807) is 45.0 Å². The van der Waals surface area contributed by atoms with Gasteiger partial charge in [-0.15, -0.1) is 22.6 Å². The van der Waals surface area contributed by atoms with Gasteiger partial charge < -0.3 is 10.5 Å². The first-order chi connectivity index (χ1) is 11.7. The SMILES string of the molecule is CC(C)(C)OC(=O)CC(N)C(=O)Cn1nnc(-c2ccccc2Cl)n1.Cl. The molecule has 0 saturated heterocycles. The number of tetrazole rings is 1. The predicted octanol–water partition coefficient (Wildman–Crippen LogP) is 2.04. The molecule has 1 unspecified atom stereocenters. The van der Waals surface area contributed by atoms with Crippen LogP contribution in [0.4, 0.5) is 0 Å². The first kappa shape index (κ1) is 22.0. The lowest BCUT2D eigenvalue weighted by Gasteiger charge is -2.20.